The number of carbonyl (C=O) groups is 3. The fourth-order valence-corrected chi connectivity index (χ4v) is 3.50. The minimum Gasteiger partial charge on any atom is -0.339 e. The van der Waals surface area contributed by atoms with Gasteiger partial charge in [0.15, 0.2) is 5.78 Å². The third kappa shape index (κ3) is 6.05. The Labute approximate surface area is 180 Å². The Morgan fingerprint density at radius 3 is 1.72 bits per heavy atom. The van der Waals surface area contributed by atoms with Crippen molar-refractivity contribution in [2.24, 2.45) is 0 Å². The molecule has 152 valence electrons. The minimum atomic E-state index is -0.0770. The molecule has 2 aromatic carbocycles. The molecule has 2 aromatic rings. The van der Waals surface area contributed by atoms with Crippen LogP contribution >= 0.6 is 23.2 Å². The fraction of sp³-hybridized carbons (Fsp3) is 0.318. The Balaban J connectivity index is 1.43. The molecule has 0 atom stereocenters. The molecule has 1 aliphatic heterocycles. The molecule has 1 heterocycles. The molecule has 2 amide bonds. The van der Waals surface area contributed by atoms with Gasteiger partial charge >= 0.3 is 0 Å². The van der Waals surface area contributed by atoms with Gasteiger partial charge in [-0.25, -0.2) is 0 Å². The van der Waals surface area contributed by atoms with E-state index in [1.165, 1.54) is 0 Å². The highest BCUT2D eigenvalue weighted by Crippen LogP contribution is 2.14. The topological polar surface area (TPSA) is 57.7 Å². The zero-order valence-electron chi connectivity index (χ0n) is 15.9. The lowest BCUT2D eigenvalue weighted by molar-refractivity contribution is -0.139. The molecular formula is C22H22Cl2N2O3. The standard InChI is InChI=1S/C22H22Cl2N2O3/c23-18-5-1-16(2-6-18)15-22(29)26-13-11-25(12-14-26)21(28)10-9-20(27)17-3-7-19(24)8-4-17/h1-8H,9-15H2. The predicted molar refractivity (Wildman–Crippen MR) is 113 cm³/mol. The van der Waals surface area contributed by atoms with E-state index in [0.717, 1.165) is 5.56 Å². The number of hydrogen-bond donors (Lipinski definition) is 0. The van der Waals surface area contributed by atoms with Crippen molar-refractivity contribution in [2.45, 2.75) is 19.3 Å². The lowest BCUT2D eigenvalue weighted by Crippen LogP contribution is -2.51. The van der Waals surface area contributed by atoms with Gasteiger partial charge in [0.25, 0.3) is 0 Å². The van der Waals surface area contributed by atoms with E-state index >= 15 is 0 Å². The van der Waals surface area contributed by atoms with E-state index in [1.54, 1.807) is 46.2 Å². The van der Waals surface area contributed by atoms with Gasteiger partial charge in [0.1, 0.15) is 0 Å². The average Bonchev–Trinajstić information content (AvgIpc) is 2.74. The van der Waals surface area contributed by atoms with Gasteiger partial charge in [0.05, 0.1) is 6.42 Å². The Bertz CT molecular complexity index is 874. The fourth-order valence-electron chi connectivity index (χ4n) is 3.25. The molecular weight excluding hydrogens is 411 g/mol. The number of nitrogens with zero attached hydrogens (tertiary/aromatic N) is 2. The van der Waals surface area contributed by atoms with E-state index in [9.17, 15) is 14.4 Å². The van der Waals surface area contributed by atoms with Crippen molar-refractivity contribution >= 4 is 40.8 Å². The minimum absolute atomic E-state index is 0.0392. The van der Waals surface area contributed by atoms with Crippen LogP contribution in [0.2, 0.25) is 10.0 Å². The Hall–Kier alpha value is -2.37. The zero-order valence-corrected chi connectivity index (χ0v) is 17.5. The van der Waals surface area contributed by atoms with Crippen molar-refractivity contribution < 1.29 is 14.4 Å². The molecule has 0 N–H and O–H groups in total. The normalized spacial score (nSPS) is 14.0. The van der Waals surface area contributed by atoms with E-state index < -0.39 is 0 Å². The van der Waals surface area contributed by atoms with Gasteiger partial charge in [-0.3, -0.25) is 14.4 Å². The second kappa shape index (κ2) is 9.90. The molecule has 1 aliphatic rings. The maximum Gasteiger partial charge on any atom is 0.227 e. The Morgan fingerprint density at radius 1 is 0.690 bits per heavy atom. The molecule has 0 aromatic heterocycles. The van der Waals surface area contributed by atoms with Crippen LogP contribution < -0.4 is 0 Å². The zero-order chi connectivity index (χ0) is 20.8. The van der Waals surface area contributed by atoms with E-state index in [1.807, 2.05) is 12.1 Å². The van der Waals surface area contributed by atoms with Crippen LogP contribution in [-0.4, -0.2) is 53.6 Å². The molecule has 29 heavy (non-hydrogen) atoms. The molecule has 1 saturated heterocycles. The number of halogens is 2. The quantitative estimate of drug-likeness (QED) is 0.650. The monoisotopic (exact) mass is 432 g/mol. The smallest absolute Gasteiger partial charge is 0.227 e. The van der Waals surface area contributed by atoms with Crippen molar-refractivity contribution in [1.29, 1.82) is 0 Å². The van der Waals surface area contributed by atoms with Crippen LogP contribution in [-0.2, 0) is 16.0 Å². The third-order valence-electron chi connectivity index (χ3n) is 4.99. The number of benzene rings is 2. The summed E-state index contributed by atoms with van der Waals surface area (Å²) >= 11 is 11.7. The lowest BCUT2D eigenvalue weighted by Gasteiger charge is -2.35. The van der Waals surface area contributed by atoms with Crippen molar-refractivity contribution in [3.63, 3.8) is 0 Å². The molecule has 3 rings (SSSR count). The summed E-state index contributed by atoms with van der Waals surface area (Å²) in [5.74, 6) is -0.0961. The summed E-state index contributed by atoms with van der Waals surface area (Å²) < 4.78 is 0. The number of carbonyl (C=O) groups excluding carboxylic acids is 3. The first-order chi connectivity index (χ1) is 13.9. The second-order valence-corrected chi connectivity index (χ2v) is 7.87. The highest BCUT2D eigenvalue weighted by Gasteiger charge is 2.24. The number of ketones is 1. The summed E-state index contributed by atoms with van der Waals surface area (Å²) in [5, 5.41) is 1.21. The van der Waals surface area contributed by atoms with Gasteiger partial charge in [-0.2, -0.15) is 0 Å². The first kappa shape index (κ1) is 21.3. The molecule has 0 saturated carbocycles. The predicted octanol–water partition coefficient (Wildman–Crippen LogP) is 3.87. The van der Waals surface area contributed by atoms with Crippen LogP contribution in [0.4, 0.5) is 0 Å². The molecule has 0 spiro atoms. The van der Waals surface area contributed by atoms with Crippen molar-refractivity contribution in [3.05, 3.63) is 69.7 Å². The number of rotatable bonds is 6. The highest BCUT2D eigenvalue weighted by atomic mass is 35.5. The summed E-state index contributed by atoms with van der Waals surface area (Å²) in [6.45, 7) is 1.98. The maximum atomic E-state index is 12.5. The number of hydrogen-bond acceptors (Lipinski definition) is 3. The molecule has 0 radical (unpaired) electrons. The van der Waals surface area contributed by atoms with Crippen LogP contribution in [0.3, 0.4) is 0 Å². The second-order valence-electron chi connectivity index (χ2n) is 6.99. The Kier molecular flexibility index (Phi) is 7.29. The Morgan fingerprint density at radius 2 is 1.17 bits per heavy atom. The van der Waals surface area contributed by atoms with E-state index in [4.69, 9.17) is 23.2 Å². The number of piperazine rings is 1. The summed E-state index contributed by atoms with van der Waals surface area (Å²) in [6, 6.07) is 13.9. The van der Waals surface area contributed by atoms with Crippen LogP contribution in [0.5, 0.6) is 0 Å². The van der Waals surface area contributed by atoms with Gasteiger partial charge in [-0.15, -0.1) is 0 Å². The van der Waals surface area contributed by atoms with Gasteiger partial charge in [0.2, 0.25) is 11.8 Å². The summed E-state index contributed by atoms with van der Waals surface area (Å²) in [6.07, 6.45) is 0.650. The SMILES string of the molecule is O=C(CCC(=O)N1CCN(C(=O)Cc2ccc(Cl)cc2)CC1)c1ccc(Cl)cc1. The molecule has 1 fully saturated rings. The van der Waals surface area contributed by atoms with Crippen molar-refractivity contribution in [2.75, 3.05) is 26.2 Å². The number of amides is 2. The molecule has 5 nitrogen and oxygen atoms in total. The maximum absolute atomic E-state index is 12.5. The van der Waals surface area contributed by atoms with E-state index in [-0.39, 0.29) is 30.4 Å². The van der Waals surface area contributed by atoms with Crippen molar-refractivity contribution in [3.8, 4) is 0 Å². The summed E-state index contributed by atoms with van der Waals surface area (Å²) in [4.78, 5) is 40.6. The molecule has 0 unspecified atom stereocenters. The lowest BCUT2D eigenvalue weighted by atomic mass is 10.1. The van der Waals surface area contributed by atoms with Crippen LogP contribution in [0.25, 0.3) is 0 Å². The van der Waals surface area contributed by atoms with Gasteiger partial charge in [0, 0.05) is 54.6 Å². The highest BCUT2D eigenvalue weighted by molar-refractivity contribution is 6.30. The van der Waals surface area contributed by atoms with E-state index in [0.29, 0.717) is 48.2 Å². The summed E-state index contributed by atoms with van der Waals surface area (Å²) in [5.41, 5.74) is 1.47. The summed E-state index contributed by atoms with van der Waals surface area (Å²) in [7, 11) is 0. The van der Waals surface area contributed by atoms with Crippen LogP contribution in [0.15, 0.2) is 48.5 Å². The first-order valence-electron chi connectivity index (χ1n) is 9.51. The molecule has 0 aliphatic carbocycles. The van der Waals surface area contributed by atoms with Gasteiger partial charge < -0.3 is 9.80 Å². The first-order valence-corrected chi connectivity index (χ1v) is 10.3. The largest absolute Gasteiger partial charge is 0.339 e. The third-order valence-corrected chi connectivity index (χ3v) is 5.49. The van der Waals surface area contributed by atoms with Crippen LogP contribution in [0, 0.1) is 0 Å². The molecule has 7 heteroatoms. The molecule has 0 bridgehead atoms. The van der Waals surface area contributed by atoms with Gasteiger partial charge in [-0.05, 0) is 42.0 Å². The van der Waals surface area contributed by atoms with Crippen LogP contribution in [0.1, 0.15) is 28.8 Å². The average molecular weight is 433 g/mol. The van der Waals surface area contributed by atoms with E-state index in [2.05, 4.69) is 0 Å². The van der Waals surface area contributed by atoms with Crippen molar-refractivity contribution in [1.82, 2.24) is 9.80 Å². The number of Topliss-reactive ketones (excluding diaryl/α,β-unsaturated/α-hetero) is 1. The van der Waals surface area contributed by atoms with Gasteiger partial charge in [-0.1, -0.05) is 35.3 Å².